The number of thioether (sulfide) groups is 1. The molecule has 0 radical (unpaired) electrons. The average Bonchev–Trinajstić information content (AvgIpc) is 3.25. The second-order valence-electron chi connectivity index (χ2n) is 6.15. The van der Waals surface area contributed by atoms with Gasteiger partial charge in [-0.1, -0.05) is 36.7 Å². The van der Waals surface area contributed by atoms with E-state index < -0.39 is 0 Å². The minimum absolute atomic E-state index is 0.00320. The van der Waals surface area contributed by atoms with Gasteiger partial charge in [0.05, 0.1) is 5.75 Å². The molecule has 0 bridgehead atoms. The quantitative estimate of drug-likeness (QED) is 0.813. The van der Waals surface area contributed by atoms with Gasteiger partial charge in [-0.05, 0) is 30.5 Å². The largest absolute Gasteiger partial charge is 0.341 e. The first-order valence-corrected chi connectivity index (χ1v) is 9.14. The van der Waals surface area contributed by atoms with Gasteiger partial charge >= 0.3 is 0 Å². The molecule has 2 aromatic rings. The Morgan fingerprint density at radius 3 is 2.75 bits per heavy atom. The number of benzene rings is 1. The molecule has 5 nitrogen and oxygen atoms in total. The van der Waals surface area contributed by atoms with Crippen LogP contribution in [0.25, 0.3) is 0 Å². The van der Waals surface area contributed by atoms with E-state index in [0.717, 1.165) is 11.4 Å². The third kappa shape index (κ3) is 4.35. The molecule has 0 aliphatic heterocycles. The molecular formula is C17H21FN4OS. The van der Waals surface area contributed by atoms with E-state index in [1.807, 2.05) is 0 Å². The lowest BCUT2D eigenvalue weighted by molar-refractivity contribution is -0.127. The Balaban J connectivity index is 1.48. The van der Waals surface area contributed by atoms with Crippen molar-refractivity contribution in [3.63, 3.8) is 0 Å². The topological polar surface area (TPSA) is 61.9 Å². The maximum Gasteiger partial charge on any atom is 0.233 e. The summed E-state index contributed by atoms with van der Waals surface area (Å²) in [6.07, 6.45) is 4.83. The number of carbonyl (C=O) groups is 1. The van der Waals surface area contributed by atoms with Gasteiger partial charge in [0.25, 0.3) is 0 Å². The summed E-state index contributed by atoms with van der Waals surface area (Å²) in [5.74, 6) is 1.45. The molecule has 1 saturated carbocycles. The second-order valence-corrected chi connectivity index (χ2v) is 7.09. The Hall–Kier alpha value is -1.89. The molecule has 7 heteroatoms. The molecule has 1 aromatic heterocycles. The van der Waals surface area contributed by atoms with E-state index in [-0.39, 0.29) is 11.7 Å². The molecule has 1 fully saturated rings. The van der Waals surface area contributed by atoms with Crippen molar-refractivity contribution in [2.24, 2.45) is 0 Å². The van der Waals surface area contributed by atoms with E-state index in [1.54, 1.807) is 24.1 Å². The molecule has 24 heavy (non-hydrogen) atoms. The number of halogens is 1. The average molecular weight is 348 g/mol. The lowest BCUT2D eigenvalue weighted by atomic mass is 10.1. The number of nitrogens with zero attached hydrogens (tertiary/aromatic N) is 3. The Morgan fingerprint density at radius 1 is 1.33 bits per heavy atom. The Kier molecular flexibility index (Phi) is 5.50. The number of aromatic amines is 1. The van der Waals surface area contributed by atoms with Gasteiger partial charge < -0.3 is 4.90 Å². The van der Waals surface area contributed by atoms with Crippen molar-refractivity contribution in [3.8, 4) is 0 Å². The molecule has 0 atom stereocenters. The highest BCUT2D eigenvalue weighted by Gasteiger charge is 2.21. The standard InChI is InChI=1S/C17H21FN4OS/c1-22(10-12-6-8-14(18)9-7-12)15(23)11-24-17-19-16(20-21-17)13-4-2-3-5-13/h6-9,13H,2-5,10-11H2,1H3,(H,19,20,21). The first kappa shape index (κ1) is 17.0. The summed E-state index contributed by atoms with van der Waals surface area (Å²) in [4.78, 5) is 18.3. The fourth-order valence-corrected chi connectivity index (χ4v) is 3.64. The fraction of sp³-hybridized carbons (Fsp3) is 0.471. The van der Waals surface area contributed by atoms with Crippen LogP contribution < -0.4 is 0 Å². The summed E-state index contributed by atoms with van der Waals surface area (Å²) in [6, 6.07) is 6.19. The van der Waals surface area contributed by atoms with Crippen molar-refractivity contribution in [2.75, 3.05) is 12.8 Å². The van der Waals surface area contributed by atoms with E-state index in [4.69, 9.17) is 0 Å². The normalized spacial score (nSPS) is 14.9. The number of hydrogen-bond donors (Lipinski definition) is 1. The zero-order chi connectivity index (χ0) is 16.9. The van der Waals surface area contributed by atoms with Crippen molar-refractivity contribution >= 4 is 17.7 Å². The van der Waals surface area contributed by atoms with Crippen molar-refractivity contribution in [2.45, 2.75) is 43.3 Å². The SMILES string of the molecule is CN(Cc1ccc(F)cc1)C(=O)CSc1n[nH]c(C2CCCC2)n1. The van der Waals surface area contributed by atoms with Gasteiger partial charge in [0.1, 0.15) is 11.6 Å². The van der Waals surface area contributed by atoms with E-state index in [9.17, 15) is 9.18 Å². The van der Waals surface area contributed by atoms with E-state index in [0.29, 0.717) is 23.4 Å². The van der Waals surface area contributed by atoms with Crippen LogP contribution in [0, 0.1) is 5.82 Å². The monoisotopic (exact) mass is 348 g/mol. The minimum Gasteiger partial charge on any atom is -0.341 e. The molecule has 0 unspecified atom stereocenters. The van der Waals surface area contributed by atoms with E-state index in [2.05, 4.69) is 15.2 Å². The van der Waals surface area contributed by atoms with Crippen LogP contribution in [0.1, 0.15) is 43.0 Å². The Bertz CT molecular complexity index is 682. The lowest BCUT2D eigenvalue weighted by Crippen LogP contribution is -2.27. The summed E-state index contributed by atoms with van der Waals surface area (Å²) in [5.41, 5.74) is 0.902. The zero-order valence-electron chi connectivity index (χ0n) is 13.7. The van der Waals surface area contributed by atoms with Crippen LogP contribution >= 0.6 is 11.8 Å². The maximum absolute atomic E-state index is 12.9. The summed E-state index contributed by atoms with van der Waals surface area (Å²) in [6.45, 7) is 0.459. The van der Waals surface area contributed by atoms with Crippen LogP contribution in [0.15, 0.2) is 29.4 Å². The second kappa shape index (κ2) is 7.79. The highest BCUT2D eigenvalue weighted by atomic mass is 32.2. The van der Waals surface area contributed by atoms with Gasteiger partial charge in [-0.2, -0.15) is 0 Å². The zero-order valence-corrected chi connectivity index (χ0v) is 14.5. The molecule has 1 heterocycles. The van der Waals surface area contributed by atoms with Crippen molar-refractivity contribution in [3.05, 3.63) is 41.5 Å². The van der Waals surface area contributed by atoms with Crippen molar-refractivity contribution in [1.29, 1.82) is 0 Å². The number of hydrogen-bond acceptors (Lipinski definition) is 4. The highest BCUT2D eigenvalue weighted by molar-refractivity contribution is 7.99. The van der Waals surface area contributed by atoms with Crippen LogP contribution in [0.4, 0.5) is 4.39 Å². The molecule has 1 aromatic carbocycles. The molecule has 1 N–H and O–H groups in total. The maximum atomic E-state index is 12.9. The number of rotatable bonds is 6. The van der Waals surface area contributed by atoms with Gasteiger partial charge in [0.2, 0.25) is 11.1 Å². The molecule has 1 amide bonds. The van der Waals surface area contributed by atoms with E-state index >= 15 is 0 Å². The number of aromatic nitrogens is 3. The number of carbonyl (C=O) groups excluding carboxylic acids is 1. The van der Waals surface area contributed by atoms with Crippen LogP contribution in [-0.4, -0.2) is 38.8 Å². The van der Waals surface area contributed by atoms with Crippen LogP contribution in [0.3, 0.4) is 0 Å². The smallest absolute Gasteiger partial charge is 0.233 e. The molecule has 0 saturated heterocycles. The highest BCUT2D eigenvalue weighted by Crippen LogP contribution is 2.32. The van der Waals surface area contributed by atoms with Crippen molar-refractivity contribution < 1.29 is 9.18 Å². The van der Waals surface area contributed by atoms with Crippen LogP contribution in [0.5, 0.6) is 0 Å². The van der Waals surface area contributed by atoms with Gasteiger partial charge in [-0.15, -0.1) is 5.10 Å². The van der Waals surface area contributed by atoms with E-state index in [1.165, 1.54) is 49.6 Å². The molecule has 1 aliphatic rings. The number of nitrogens with one attached hydrogen (secondary N) is 1. The predicted molar refractivity (Wildman–Crippen MR) is 91.2 cm³/mol. The summed E-state index contributed by atoms with van der Waals surface area (Å²) < 4.78 is 12.9. The first-order valence-electron chi connectivity index (χ1n) is 8.15. The van der Waals surface area contributed by atoms with Gasteiger partial charge in [0, 0.05) is 19.5 Å². The minimum atomic E-state index is -0.272. The summed E-state index contributed by atoms with van der Waals surface area (Å²) >= 11 is 1.34. The third-order valence-corrected chi connectivity index (χ3v) is 5.14. The van der Waals surface area contributed by atoms with Crippen LogP contribution in [0.2, 0.25) is 0 Å². The summed E-state index contributed by atoms with van der Waals surface area (Å²) in [5, 5.41) is 7.83. The summed E-state index contributed by atoms with van der Waals surface area (Å²) in [7, 11) is 1.74. The number of H-pyrrole nitrogens is 1. The van der Waals surface area contributed by atoms with Gasteiger partial charge in [-0.3, -0.25) is 9.89 Å². The van der Waals surface area contributed by atoms with Crippen molar-refractivity contribution in [1.82, 2.24) is 20.1 Å². The first-order chi connectivity index (χ1) is 11.6. The Morgan fingerprint density at radius 2 is 2.04 bits per heavy atom. The van der Waals surface area contributed by atoms with Crippen LogP contribution in [-0.2, 0) is 11.3 Å². The molecule has 1 aliphatic carbocycles. The van der Waals surface area contributed by atoms with Gasteiger partial charge in [-0.25, -0.2) is 9.37 Å². The molecule has 128 valence electrons. The van der Waals surface area contributed by atoms with Gasteiger partial charge in [0.15, 0.2) is 0 Å². The third-order valence-electron chi connectivity index (χ3n) is 4.31. The Labute approximate surface area is 145 Å². The molecule has 0 spiro atoms. The number of amides is 1. The molecular weight excluding hydrogens is 327 g/mol. The predicted octanol–water partition coefficient (Wildman–Crippen LogP) is 3.35. The fourth-order valence-electron chi connectivity index (χ4n) is 2.89. The molecule has 3 rings (SSSR count). The lowest BCUT2D eigenvalue weighted by Gasteiger charge is -2.16.